The quantitative estimate of drug-likeness (QED) is 0.758. The van der Waals surface area contributed by atoms with E-state index in [1.807, 2.05) is 32.2 Å². The van der Waals surface area contributed by atoms with Gasteiger partial charge in [0.1, 0.15) is 6.61 Å². The van der Waals surface area contributed by atoms with Gasteiger partial charge in [0.2, 0.25) is 5.90 Å². The van der Waals surface area contributed by atoms with Crippen molar-refractivity contribution in [3.8, 4) is 0 Å². The largest absolute Gasteiger partial charge is 0.474 e. The summed E-state index contributed by atoms with van der Waals surface area (Å²) < 4.78 is 5.56. The molecule has 4 heteroatoms. The number of carbonyl (C=O) groups is 1. The Balaban J connectivity index is 2.36. The second-order valence-corrected chi connectivity index (χ2v) is 5.37. The fourth-order valence-electron chi connectivity index (χ4n) is 1.59. The molecule has 1 aliphatic heterocycles. The van der Waals surface area contributed by atoms with Gasteiger partial charge in [0.05, 0.1) is 10.4 Å². The van der Waals surface area contributed by atoms with Crippen LogP contribution in [0.1, 0.15) is 42.4 Å². The summed E-state index contributed by atoms with van der Waals surface area (Å²) in [4.78, 5) is 17.1. The van der Waals surface area contributed by atoms with E-state index in [1.165, 1.54) is 11.3 Å². The van der Waals surface area contributed by atoms with Gasteiger partial charge in [-0.2, -0.15) is 0 Å². The third-order valence-corrected chi connectivity index (χ3v) is 3.35. The van der Waals surface area contributed by atoms with Gasteiger partial charge in [-0.1, -0.05) is 6.92 Å². The molecule has 0 atom stereocenters. The molecule has 1 aliphatic rings. The Hall–Kier alpha value is -1.16. The van der Waals surface area contributed by atoms with Crippen LogP contribution in [0.4, 0.5) is 0 Å². The number of rotatable bonds is 3. The summed E-state index contributed by atoms with van der Waals surface area (Å²) in [6.45, 7) is 6.49. The van der Waals surface area contributed by atoms with Crippen molar-refractivity contribution in [1.82, 2.24) is 0 Å². The summed E-state index contributed by atoms with van der Waals surface area (Å²) in [5.74, 6) is 0.768. The second-order valence-electron chi connectivity index (χ2n) is 4.46. The summed E-state index contributed by atoms with van der Waals surface area (Å²) in [6, 6.07) is 1.85. The van der Waals surface area contributed by atoms with Gasteiger partial charge in [-0.05, 0) is 25.3 Å². The molecule has 0 N–H and O–H groups in total. The predicted octanol–water partition coefficient (Wildman–Crippen LogP) is 2.90. The molecule has 1 aromatic rings. The zero-order valence-electron chi connectivity index (χ0n) is 9.74. The van der Waals surface area contributed by atoms with E-state index in [-0.39, 0.29) is 11.3 Å². The summed E-state index contributed by atoms with van der Waals surface area (Å²) in [6.07, 6.45) is 0.514. The van der Waals surface area contributed by atoms with E-state index in [1.54, 1.807) is 0 Å². The maximum atomic E-state index is 11.7. The molecule has 0 saturated heterocycles. The minimum absolute atomic E-state index is 0.146. The Kier molecular flexibility index (Phi) is 2.84. The highest BCUT2D eigenvalue weighted by atomic mass is 32.1. The van der Waals surface area contributed by atoms with Crippen LogP contribution in [-0.4, -0.2) is 23.8 Å². The third-order valence-electron chi connectivity index (χ3n) is 2.45. The van der Waals surface area contributed by atoms with Crippen LogP contribution in [0, 0.1) is 0 Å². The Morgan fingerprint density at radius 2 is 2.38 bits per heavy atom. The molecular formula is C12H15NO2S. The lowest BCUT2D eigenvalue weighted by atomic mass is 10.1. The summed E-state index contributed by atoms with van der Waals surface area (Å²) in [5, 5.41) is 1.91. The molecule has 0 spiro atoms. The van der Waals surface area contributed by atoms with Gasteiger partial charge in [-0.3, -0.25) is 4.79 Å². The average molecular weight is 237 g/mol. The van der Waals surface area contributed by atoms with Crippen LogP contribution in [0.5, 0.6) is 0 Å². The van der Waals surface area contributed by atoms with Crippen LogP contribution >= 0.6 is 11.3 Å². The number of hydrogen-bond donors (Lipinski definition) is 0. The first kappa shape index (κ1) is 11.3. The number of carbonyl (C=O) groups excluding carboxylic acids is 1. The molecule has 0 bridgehead atoms. The molecule has 3 nitrogen and oxygen atoms in total. The number of ketones is 1. The van der Waals surface area contributed by atoms with E-state index >= 15 is 0 Å². The van der Waals surface area contributed by atoms with Gasteiger partial charge < -0.3 is 4.74 Å². The molecule has 2 heterocycles. The lowest BCUT2D eigenvalue weighted by molar-refractivity contribution is 0.0988. The van der Waals surface area contributed by atoms with E-state index in [9.17, 15) is 4.79 Å². The molecule has 86 valence electrons. The van der Waals surface area contributed by atoms with Crippen LogP contribution < -0.4 is 0 Å². The van der Waals surface area contributed by atoms with E-state index in [0.29, 0.717) is 18.9 Å². The zero-order chi connectivity index (χ0) is 11.8. The van der Waals surface area contributed by atoms with Crippen molar-refractivity contribution in [1.29, 1.82) is 0 Å². The normalized spacial score (nSPS) is 18.1. The van der Waals surface area contributed by atoms with Gasteiger partial charge >= 0.3 is 0 Å². The maximum Gasteiger partial charge on any atom is 0.227 e. The predicted molar refractivity (Wildman–Crippen MR) is 65.5 cm³/mol. The highest BCUT2D eigenvalue weighted by Gasteiger charge is 2.29. The first-order valence-corrected chi connectivity index (χ1v) is 6.25. The lowest BCUT2D eigenvalue weighted by Crippen LogP contribution is -2.17. The molecular weight excluding hydrogens is 222 g/mol. The second kappa shape index (κ2) is 4.01. The topological polar surface area (TPSA) is 38.7 Å². The smallest absolute Gasteiger partial charge is 0.227 e. The molecule has 0 amide bonds. The molecule has 0 radical (unpaired) electrons. The number of nitrogens with zero attached hydrogens (tertiary/aromatic N) is 1. The molecule has 0 fully saturated rings. The Bertz CT molecular complexity index is 446. The van der Waals surface area contributed by atoms with Crippen molar-refractivity contribution >= 4 is 23.0 Å². The Labute approximate surface area is 99.2 Å². The lowest BCUT2D eigenvalue weighted by Gasteiger charge is -2.07. The van der Waals surface area contributed by atoms with E-state index in [2.05, 4.69) is 4.99 Å². The number of aliphatic imine (C=N–C) groups is 1. The molecule has 2 rings (SSSR count). The Morgan fingerprint density at radius 3 is 2.94 bits per heavy atom. The van der Waals surface area contributed by atoms with Gasteiger partial charge in [-0.15, -0.1) is 11.3 Å². The van der Waals surface area contributed by atoms with E-state index < -0.39 is 0 Å². The molecule has 0 unspecified atom stereocenters. The van der Waals surface area contributed by atoms with Gasteiger partial charge in [-0.25, -0.2) is 4.99 Å². The van der Waals surface area contributed by atoms with Crippen LogP contribution in [0.2, 0.25) is 0 Å². The van der Waals surface area contributed by atoms with Crippen molar-refractivity contribution in [3.05, 3.63) is 21.9 Å². The molecule has 1 aromatic heterocycles. The number of ether oxygens (including phenoxy) is 1. The number of Topliss-reactive ketones (excluding diaryl/α,β-unsaturated/α-hetero) is 1. The Morgan fingerprint density at radius 1 is 1.62 bits per heavy atom. The van der Waals surface area contributed by atoms with Crippen LogP contribution in [-0.2, 0) is 4.74 Å². The maximum absolute atomic E-state index is 11.7. The first-order chi connectivity index (χ1) is 7.53. The van der Waals surface area contributed by atoms with Crippen molar-refractivity contribution in [3.63, 3.8) is 0 Å². The molecule has 0 saturated carbocycles. The standard InChI is InChI=1S/C12H15NO2S/c1-4-9(14)8-5-6-16-10(8)11-13-12(2,3)7-15-11/h5-6H,4,7H2,1-3H3. The van der Waals surface area contributed by atoms with Crippen LogP contribution in [0.15, 0.2) is 16.4 Å². The summed E-state index contributed by atoms with van der Waals surface area (Å²) in [5.41, 5.74) is 0.565. The summed E-state index contributed by atoms with van der Waals surface area (Å²) in [7, 11) is 0. The third kappa shape index (κ3) is 2.02. The minimum atomic E-state index is -0.175. The zero-order valence-corrected chi connectivity index (χ0v) is 10.6. The van der Waals surface area contributed by atoms with Gasteiger partial charge in [0, 0.05) is 12.0 Å². The number of thiophene rings is 1. The monoisotopic (exact) mass is 237 g/mol. The molecule has 0 aliphatic carbocycles. The highest BCUT2D eigenvalue weighted by molar-refractivity contribution is 7.12. The van der Waals surface area contributed by atoms with E-state index in [0.717, 1.165) is 10.4 Å². The van der Waals surface area contributed by atoms with Crippen LogP contribution in [0.25, 0.3) is 0 Å². The molecule has 0 aromatic carbocycles. The van der Waals surface area contributed by atoms with E-state index in [4.69, 9.17) is 4.74 Å². The van der Waals surface area contributed by atoms with Crippen LogP contribution in [0.3, 0.4) is 0 Å². The first-order valence-electron chi connectivity index (χ1n) is 5.37. The van der Waals surface area contributed by atoms with Gasteiger partial charge in [0.25, 0.3) is 0 Å². The van der Waals surface area contributed by atoms with Crippen molar-refractivity contribution in [2.24, 2.45) is 4.99 Å². The summed E-state index contributed by atoms with van der Waals surface area (Å²) >= 11 is 1.51. The average Bonchev–Trinajstić information content (AvgIpc) is 2.82. The van der Waals surface area contributed by atoms with Crippen molar-refractivity contribution < 1.29 is 9.53 Å². The molecule has 16 heavy (non-hydrogen) atoms. The fraction of sp³-hybridized carbons (Fsp3) is 0.500. The SMILES string of the molecule is CCC(=O)c1ccsc1C1=NC(C)(C)CO1. The minimum Gasteiger partial charge on any atom is -0.474 e. The highest BCUT2D eigenvalue weighted by Crippen LogP contribution is 2.26. The van der Waals surface area contributed by atoms with Crippen molar-refractivity contribution in [2.75, 3.05) is 6.61 Å². The number of hydrogen-bond acceptors (Lipinski definition) is 4. The van der Waals surface area contributed by atoms with Gasteiger partial charge in [0.15, 0.2) is 5.78 Å². The van der Waals surface area contributed by atoms with Crippen molar-refractivity contribution in [2.45, 2.75) is 32.7 Å². The fourth-order valence-corrected chi connectivity index (χ4v) is 2.44.